The molecular weight excluding hydrogens is 763 g/mol. The Balaban J connectivity index is 0.000000227. The van der Waals surface area contributed by atoms with Crippen LogP contribution in [0.5, 0.6) is 0 Å². The third-order valence-corrected chi connectivity index (χ3v) is 9.89. The molecule has 0 spiro atoms. The van der Waals surface area contributed by atoms with Crippen molar-refractivity contribution in [2.75, 3.05) is 89.3 Å². The predicted octanol–water partition coefficient (Wildman–Crippen LogP) is 3.62. The number of hydrogen-bond donors (Lipinski definition) is 2. The fraction of sp³-hybridized carbons (Fsp3) is 0.357. The van der Waals surface area contributed by atoms with E-state index in [0.29, 0.717) is 44.0 Å². The molecular formula is C42H50F2N10O5. The minimum Gasteiger partial charge on any atom is -0.344 e. The molecule has 0 atom stereocenters. The molecule has 2 saturated heterocycles. The van der Waals surface area contributed by atoms with E-state index in [4.69, 9.17) is 5.73 Å². The molecule has 2 aromatic heterocycles. The number of ketones is 2. The second-order valence-electron chi connectivity index (χ2n) is 14.1. The number of benzene rings is 2. The first kappa shape index (κ1) is 43.9. The molecule has 4 aromatic rings. The van der Waals surface area contributed by atoms with Crippen LogP contribution >= 0.6 is 0 Å². The number of anilines is 2. The van der Waals surface area contributed by atoms with Crippen LogP contribution in [0.25, 0.3) is 0 Å². The van der Waals surface area contributed by atoms with Crippen LogP contribution in [0.15, 0.2) is 97.3 Å². The van der Waals surface area contributed by atoms with E-state index >= 15 is 0 Å². The van der Waals surface area contributed by atoms with Gasteiger partial charge in [0.25, 0.3) is 5.91 Å². The van der Waals surface area contributed by atoms with Gasteiger partial charge in [-0.3, -0.25) is 34.2 Å². The maximum absolute atomic E-state index is 13.2. The van der Waals surface area contributed by atoms with Gasteiger partial charge in [-0.1, -0.05) is 36.4 Å². The van der Waals surface area contributed by atoms with Gasteiger partial charge in [-0.2, -0.15) is 8.78 Å². The molecule has 2 aliphatic heterocycles. The van der Waals surface area contributed by atoms with Crippen molar-refractivity contribution in [2.45, 2.75) is 19.5 Å². The van der Waals surface area contributed by atoms with Crippen LogP contribution in [-0.2, 0) is 17.9 Å². The normalized spacial score (nSPS) is 14.5. The summed E-state index contributed by atoms with van der Waals surface area (Å²) < 4.78 is 24.5. The molecule has 312 valence electrons. The second kappa shape index (κ2) is 21.5. The van der Waals surface area contributed by atoms with Gasteiger partial charge < -0.3 is 30.7 Å². The summed E-state index contributed by atoms with van der Waals surface area (Å²) in [7, 11) is 4.08. The fourth-order valence-corrected chi connectivity index (χ4v) is 6.25. The van der Waals surface area contributed by atoms with Crippen molar-refractivity contribution in [3.8, 4) is 0 Å². The topological polar surface area (TPSA) is 169 Å². The van der Waals surface area contributed by atoms with Gasteiger partial charge >= 0.3 is 18.5 Å². The zero-order valence-electron chi connectivity index (χ0n) is 33.3. The number of carbonyl (C=O) groups excluding carboxylic acids is 5. The maximum atomic E-state index is 13.2. The van der Waals surface area contributed by atoms with E-state index in [1.54, 1.807) is 32.9 Å². The summed E-state index contributed by atoms with van der Waals surface area (Å²) in [6.45, 7) is 5.95. The van der Waals surface area contributed by atoms with Gasteiger partial charge in [-0.15, -0.1) is 0 Å². The Bertz CT molecular complexity index is 1990. The van der Waals surface area contributed by atoms with Crippen molar-refractivity contribution in [1.82, 2.24) is 34.9 Å². The average molecular weight is 813 g/mol. The monoisotopic (exact) mass is 812 g/mol. The first-order valence-electron chi connectivity index (χ1n) is 19.3. The number of carbonyl (C=O) groups is 5. The summed E-state index contributed by atoms with van der Waals surface area (Å²) >= 11 is 0. The summed E-state index contributed by atoms with van der Waals surface area (Å²) in [6.07, 6.45) is -0.339. The number of alkyl halides is 2. The third-order valence-electron chi connectivity index (χ3n) is 9.89. The molecule has 2 fully saturated rings. The van der Waals surface area contributed by atoms with E-state index < -0.39 is 24.7 Å². The largest absolute Gasteiger partial charge is 0.344 e. The van der Waals surface area contributed by atoms with Crippen LogP contribution < -0.4 is 20.9 Å². The number of piperazine rings is 2. The molecule has 2 aromatic carbocycles. The Morgan fingerprint density at radius 1 is 0.627 bits per heavy atom. The van der Waals surface area contributed by atoms with Crippen molar-refractivity contribution in [3.63, 3.8) is 0 Å². The van der Waals surface area contributed by atoms with Gasteiger partial charge in [0.15, 0.2) is 11.6 Å². The number of hydrogen-bond acceptors (Lipinski definition) is 10. The van der Waals surface area contributed by atoms with Gasteiger partial charge in [-0.05, 0) is 62.6 Å². The van der Waals surface area contributed by atoms with Gasteiger partial charge in [0.05, 0.1) is 37.6 Å². The van der Waals surface area contributed by atoms with E-state index in [9.17, 15) is 32.8 Å². The summed E-state index contributed by atoms with van der Waals surface area (Å²) in [4.78, 5) is 81.1. The molecule has 6 rings (SSSR count). The van der Waals surface area contributed by atoms with Crippen molar-refractivity contribution in [3.05, 3.63) is 120 Å². The van der Waals surface area contributed by atoms with Gasteiger partial charge in [0.2, 0.25) is 0 Å². The van der Waals surface area contributed by atoms with E-state index in [-0.39, 0.29) is 36.5 Å². The first-order chi connectivity index (χ1) is 28.4. The minimum atomic E-state index is -3.18. The maximum Gasteiger partial charge on any atom is 0.324 e. The zero-order valence-corrected chi connectivity index (χ0v) is 33.3. The molecule has 0 radical (unpaired) electrons. The Morgan fingerprint density at radius 2 is 1.03 bits per heavy atom. The summed E-state index contributed by atoms with van der Waals surface area (Å²) in [5.74, 6) is -2.18. The molecule has 0 saturated carbocycles. The average Bonchev–Trinajstić information content (AvgIpc) is 3.27. The SMILES string of the molecule is CN1CCN(C(=O)N(Cc2ccc(C(=O)CN)cn2)c2ccccc2)CC1.CN1CCN(C(=O)N(Cc2ccc(C(=O)CNC(=O)C(F)F)cn2)c2ccccc2)CC1. The highest BCUT2D eigenvalue weighted by atomic mass is 19.3. The second-order valence-corrected chi connectivity index (χ2v) is 14.1. The molecule has 0 aliphatic carbocycles. The summed E-state index contributed by atoms with van der Waals surface area (Å²) in [6, 6.07) is 25.3. The molecule has 5 amide bonds. The predicted molar refractivity (Wildman–Crippen MR) is 219 cm³/mol. The van der Waals surface area contributed by atoms with Crippen LogP contribution in [0.3, 0.4) is 0 Å². The van der Waals surface area contributed by atoms with Crippen LogP contribution in [0.4, 0.5) is 29.7 Å². The number of pyridine rings is 2. The quantitative estimate of drug-likeness (QED) is 0.202. The number of amides is 5. The molecule has 15 nitrogen and oxygen atoms in total. The van der Waals surface area contributed by atoms with Crippen molar-refractivity contribution >= 4 is 40.9 Å². The first-order valence-corrected chi connectivity index (χ1v) is 19.3. The molecule has 3 N–H and O–H groups in total. The smallest absolute Gasteiger partial charge is 0.324 e. The number of nitrogens with one attached hydrogen (secondary N) is 1. The summed E-state index contributed by atoms with van der Waals surface area (Å²) in [5, 5.41) is 1.87. The molecule has 59 heavy (non-hydrogen) atoms. The Hall–Kier alpha value is -6.17. The number of rotatable bonds is 12. The Labute approximate surface area is 342 Å². The van der Waals surface area contributed by atoms with E-state index in [1.807, 2.05) is 77.9 Å². The Morgan fingerprint density at radius 3 is 1.39 bits per heavy atom. The lowest BCUT2D eigenvalue weighted by Gasteiger charge is -2.36. The lowest BCUT2D eigenvalue weighted by Crippen LogP contribution is -2.52. The number of halogens is 2. The number of nitrogens with zero attached hydrogens (tertiary/aromatic N) is 8. The summed E-state index contributed by atoms with van der Waals surface area (Å²) in [5.41, 5.74) is 8.89. The molecule has 17 heteroatoms. The number of Topliss-reactive ketones (excluding diaryl/α,β-unsaturated/α-hetero) is 2. The van der Waals surface area contributed by atoms with E-state index in [0.717, 1.165) is 43.2 Å². The number of aromatic nitrogens is 2. The van der Waals surface area contributed by atoms with Crippen LogP contribution in [0, 0.1) is 0 Å². The fourth-order valence-electron chi connectivity index (χ4n) is 6.25. The van der Waals surface area contributed by atoms with Crippen LogP contribution in [0.2, 0.25) is 0 Å². The van der Waals surface area contributed by atoms with Crippen molar-refractivity contribution in [1.29, 1.82) is 0 Å². The Kier molecular flexibility index (Phi) is 16.0. The van der Waals surface area contributed by atoms with Gasteiger partial charge in [0.1, 0.15) is 0 Å². The highest BCUT2D eigenvalue weighted by molar-refractivity contribution is 5.99. The molecule has 0 bridgehead atoms. The minimum absolute atomic E-state index is 0.0294. The number of para-hydroxylation sites is 2. The van der Waals surface area contributed by atoms with Gasteiger partial charge in [0, 0.05) is 87.3 Å². The molecule has 4 heterocycles. The number of likely N-dealkylation sites (N-methyl/N-ethyl adjacent to an activating group) is 2. The third kappa shape index (κ3) is 12.7. The number of nitrogens with two attached hydrogens (primary N) is 1. The van der Waals surface area contributed by atoms with Crippen LogP contribution in [0.1, 0.15) is 32.1 Å². The van der Waals surface area contributed by atoms with Gasteiger partial charge in [-0.25, -0.2) is 9.59 Å². The van der Waals surface area contributed by atoms with E-state index in [2.05, 4.69) is 26.8 Å². The highest BCUT2D eigenvalue weighted by Gasteiger charge is 2.27. The lowest BCUT2D eigenvalue weighted by atomic mass is 10.1. The van der Waals surface area contributed by atoms with Crippen LogP contribution in [-0.4, -0.2) is 145 Å². The standard InChI is InChI=1S/C22H25F2N5O3.C20H25N5O2/c1-27-9-11-28(12-10-27)22(32)29(18-5-3-2-4-6-18)15-17-8-7-16(13-25-17)19(30)14-26-21(31)20(23)24;1-23-9-11-24(12-10-23)20(27)25(18-5-3-2-4-6-18)15-17-8-7-16(14-22-17)19(26)13-21/h2-8,13,20H,9-12,14-15H2,1H3,(H,26,31);2-8,14H,9-13,15,21H2,1H3. The molecule has 2 aliphatic rings. The highest BCUT2D eigenvalue weighted by Crippen LogP contribution is 2.21. The molecule has 0 unspecified atom stereocenters. The lowest BCUT2D eigenvalue weighted by molar-refractivity contribution is -0.131. The van der Waals surface area contributed by atoms with Crippen molar-refractivity contribution in [2.24, 2.45) is 5.73 Å². The van der Waals surface area contributed by atoms with Crippen molar-refractivity contribution < 1.29 is 32.8 Å². The van der Waals surface area contributed by atoms with E-state index in [1.165, 1.54) is 18.5 Å². The number of urea groups is 2. The zero-order chi connectivity index (χ0) is 42.3.